The predicted octanol–water partition coefficient (Wildman–Crippen LogP) is 0.503. The van der Waals surface area contributed by atoms with Gasteiger partial charge in [-0.25, -0.2) is 0 Å². The molecule has 1 aliphatic heterocycles. The number of rotatable bonds is 5. The summed E-state index contributed by atoms with van der Waals surface area (Å²) >= 11 is 0. The van der Waals surface area contributed by atoms with Crippen molar-refractivity contribution in [1.29, 1.82) is 0 Å². The molecule has 6 nitrogen and oxygen atoms in total. The quantitative estimate of drug-likeness (QED) is 0.825. The van der Waals surface area contributed by atoms with E-state index in [9.17, 15) is 9.59 Å². The second kappa shape index (κ2) is 6.58. The van der Waals surface area contributed by atoms with E-state index < -0.39 is 5.91 Å². The van der Waals surface area contributed by atoms with Crippen molar-refractivity contribution in [2.45, 2.75) is 31.3 Å². The van der Waals surface area contributed by atoms with E-state index in [1.165, 1.54) is 0 Å². The highest BCUT2D eigenvalue weighted by molar-refractivity contribution is 5.95. The van der Waals surface area contributed by atoms with E-state index >= 15 is 0 Å². The van der Waals surface area contributed by atoms with Gasteiger partial charge in [-0.15, -0.1) is 0 Å². The number of primary amides is 1. The van der Waals surface area contributed by atoms with E-state index in [-0.39, 0.29) is 24.4 Å². The molecule has 114 valence electrons. The second-order valence-electron chi connectivity index (χ2n) is 5.24. The molecule has 0 saturated carbocycles. The molecule has 0 aliphatic carbocycles. The van der Waals surface area contributed by atoms with Crippen molar-refractivity contribution in [2.24, 2.45) is 11.5 Å². The van der Waals surface area contributed by atoms with Crippen LogP contribution in [0.25, 0.3) is 0 Å². The van der Waals surface area contributed by atoms with Crippen LogP contribution in [0.3, 0.4) is 0 Å². The number of carbonyl (C=O) groups is 2. The zero-order valence-corrected chi connectivity index (χ0v) is 12.1. The van der Waals surface area contributed by atoms with Crippen LogP contribution in [0.15, 0.2) is 24.3 Å². The number of hydrogen-bond acceptors (Lipinski definition) is 4. The van der Waals surface area contributed by atoms with Gasteiger partial charge in [0.05, 0.1) is 7.11 Å². The molecule has 0 bridgehead atoms. The SMILES string of the molecule is COc1cccc(C(=O)N2[C@H](CN)CC[C@@H]2CC(N)=O)c1. The average molecular weight is 291 g/mol. The normalized spacial score (nSPS) is 21.3. The van der Waals surface area contributed by atoms with Gasteiger partial charge in [0, 0.05) is 30.6 Å². The monoisotopic (exact) mass is 291 g/mol. The van der Waals surface area contributed by atoms with Gasteiger partial charge in [0.1, 0.15) is 5.75 Å². The van der Waals surface area contributed by atoms with Crippen molar-refractivity contribution in [3.8, 4) is 5.75 Å². The Labute approximate surface area is 124 Å². The summed E-state index contributed by atoms with van der Waals surface area (Å²) in [7, 11) is 1.55. The summed E-state index contributed by atoms with van der Waals surface area (Å²) in [5.74, 6) is 0.0880. The fourth-order valence-corrected chi connectivity index (χ4v) is 2.86. The molecule has 1 aromatic rings. The molecule has 0 spiro atoms. The van der Waals surface area contributed by atoms with Gasteiger partial charge in [0.15, 0.2) is 0 Å². The third-order valence-corrected chi connectivity index (χ3v) is 3.88. The minimum Gasteiger partial charge on any atom is -0.497 e. The van der Waals surface area contributed by atoms with Crippen molar-refractivity contribution in [3.63, 3.8) is 0 Å². The van der Waals surface area contributed by atoms with Crippen LogP contribution in [-0.2, 0) is 4.79 Å². The van der Waals surface area contributed by atoms with E-state index in [4.69, 9.17) is 16.2 Å². The van der Waals surface area contributed by atoms with E-state index in [1.807, 2.05) is 0 Å². The lowest BCUT2D eigenvalue weighted by molar-refractivity contribution is -0.118. The number of methoxy groups -OCH3 is 1. The van der Waals surface area contributed by atoms with Gasteiger partial charge in [-0.2, -0.15) is 0 Å². The molecule has 6 heteroatoms. The summed E-state index contributed by atoms with van der Waals surface area (Å²) in [6.45, 7) is 0.380. The summed E-state index contributed by atoms with van der Waals surface area (Å²) in [6, 6.07) is 6.75. The molecule has 2 atom stereocenters. The molecule has 0 unspecified atom stereocenters. The van der Waals surface area contributed by atoms with Gasteiger partial charge in [-0.3, -0.25) is 9.59 Å². The van der Waals surface area contributed by atoms with Crippen LogP contribution in [0.4, 0.5) is 0 Å². The Morgan fingerprint density at radius 3 is 2.67 bits per heavy atom. The lowest BCUT2D eigenvalue weighted by Crippen LogP contribution is -2.45. The smallest absolute Gasteiger partial charge is 0.254 e. The highest BCUT2D eigenvalue weighted by Gasteiger charge is 2.37. The summed E-state index contributed by atoms with van der Waals surface area (Å²) in [6.07, 6.45) is 1.72. The maximum Gasteiger partial charge on any atom is 0.254 e. The Kier molecular flexibility index (Phi) is 4.80. The maximum absolute atomic E-state index is 12.7. The van der Waals surface area contributed by atoms with E-state index in [0.717, 1.165) is 12.8 Å². The summed E-state index contributed by atoms with van der Waals surface area (Å²) in [5, 5.41) is 0. The Bertz CT molecular complexity index is 533. The molecule has 0 radical (unpaired) electrons. The molecule has 4 N–H and O–H groups in total. The first kappa shape index (κ1) is 15.3. The molecule has 2 amide bonds. The molecule has 1 heterocycles. The minimum atomic E-state index is -0.402. The van der Waals surface area contributed by atoms with Crippen LogP contribution in [0.2, 0.25) is 0 Å². The number of ether oxygens (including phenoxy) is 1. The Morgan fingerprint density at radius 2 is 2.05 bits per heavy atom. The molecule has 21 heavy (non-hydrogen) atoms. The first-order valence-electron chi connectivity index (χ1n) is 7.02. The zero-order valence-electron chi connectivity index (χ0n) is 12.1. The third kappa shape index (κ3) is 3.33. The van der Waals surface area contributed by atoms with Gasteiger partial charge < -0.3 is 21.1 Å². The lowest BCUT2D eigenvalue weighted by Gasteiger charge is -2.29. The minimum absolute atomic E-state index is 0.0481. The number of nitrogens with zero attached hydrogens (tertiary/aromatic N) is 1. The molecule has 1 saturated heterocycles. The van der Waals surface area contributed by atoms with Crippen LogP contribution in [0.1, 0.15) is 29.6 Å². The Morgan fingerprint density at radius 1 is 1.33 bits per heavy atom. The van der Waals surface area contributed by atoms with E-state index in [2.05, 4.69) is 0 Å². The second-order valence-corrected chi connectivity index (χ2v) is 5.24. The summed E-state index contributed by atoms with van der Waals surface area (Å²) < 4.78 is 5.14. The first-order valence-corrected chi connectivity index (χ1v) is 7.02. The van der Waals surface area contributed by atoms with Gasteiger partial charge in [-0.1, -0.05) is 6.07 Å². The van der Waals surface area contributed by atoms with Crippen molar-refractivity contribution in [1.82, 2.24) is 4.90 Å². The highest BCUT2D eigenvalue weighted by Crippen LogP contribution is 2.28. The topological polar surface area (TPSA) is 98.7 Å². The molecular weight excluding hydrogens is 270 g/mol. The zero-order chi connectivity index (χ0) is 15.4. The van der Waals surface area contributed by atoms with Crippen molar-refractivity contribution in [2.75, 3.05) is 13.7 Å². The molecule has 1 aromatic carbocycles. The highest BCUT2D eigenvalue weighted by atomic mass is 16.5. The standard InChI is InChI=1S/C15H21N3O3/c1-21-13-4-2-3-10(7-13)15(20)18-11(8-14(17)19)5-6-12(18)9-16/h2-4,7,11-12H,5-6,8-9,16H2,1H3,(H2,17,19)/t11-,12+/m1/s1. The largest absolute Gasteiger partial charge is 0.497 e. The lowest BCUT2D eigenvalue weighted by atomic mass is 10.1. The summed E-state index contributed by atoms with van der Waals surface area (Å²) in [5.41, 5.74) is 11.6. The van der Waals surface area contributed by atoms with Crippen LogP contribution in [-0.4, -0.2) is 42.5 Å². The number of carbonyl (C=O) groups excluding carboxylic acids is 2. The van der Waals surface area contributed by atoms with E-state index in [1.54, 1.807) is 36.3 Å². The van der Waals surface area contributed by atoms with Crippen molar-refractivity contribution >= 4 is 11.8 Å². The Balaban J connectivity index is 2.25. The average Bonchev–Trinajstić information content (AvgIpc) is 2.88. The van der Waals surface area contributed by atoms with Gasteiger partial charge >= 0.3 is 0 Å². The van der Waals surface area contributed by atoms with Gasteiger partial charge in [0.25, 0.3) is 5.91 Å². The fraction of sp³-hybridized carbons (Fsp3) is 0.467. The van der Waals surface area contributed by atoms with Crippen LogP contribution in [0.5, 0.6) is 5.75 Å². The van der Waals surface area contributed by atoms with Crippen LogP contribution in [0, 0.1) is 0 Å². The predicted molar refractivity (Wildman–Crippen MR) is 78.8 cm³/mol. The Hall–Kier alpha value is -2.08. The number of benzene rings is 1. The number of nitrogens with two attached hydrogens (primary N) is 2. The number of amides is 2. The van der Waals surface area contributed by atoms with Crippen molar-refractivity contribution in [3.05, 3.63) is 29.8 Å². The third-order valence-electron chi connectivity index (χ3n) is 3.88. The summed E-state index contributed by atoms with van der Waals surface area (Å²) in [4.78, 5) is 25.6. The van der Waals surface area contributed by atoms with E-state index in [0.29, 0.717) is 17.9 Å². The maximum atomic E-state index is 12.7. The van der Waals surface area contributed by atoms with Crippen molar-refractivity contribution < 1.29 is 14.3 Å². The molecular formula is C15H21N3O3. The van der Waals surface area contributed by atoms with Crippen LogP contribution < -0.4 is 16.2 Å². The van der Waals surface area contributed by atoms with Gasteiger partial charge in [0.2, 0.25) is 5.91 Å². The fourth-order valence-electron chi connectivity index (χ4n) is 2.86. The molecule has 1 aliphatic rings. The number of hydrogen-bond donors (Lipinski definition) is 2. The molecule has 1 fully saturated rings. The molecule has 2 rings (SSSR count). The van der Waals surface area contributed by atoms with Gasteiger partial charge in [-0.05, 0) is 31.0 Å². The first-order chi connectivity index (χ1) is 10.1. The number of likely N-dealkylation sites (tertiary alicyclic amines) is 1. The molecule has 0 aromatic heterocycles. The van der Waals surface area contributed by atoms with Crippen LogP contribution >= 0.6 is 0 Å².